The second-order valence-corrected chi connectivity index (χ2v) is 7.93. The van der Waals surface area contributed by atoms with E-state index in [9.17, 15) is 9.59 Å². The molecule has 4 rings (SSSR count). The molecule has 28 heavy (non-hydrogen) atoms. The van der Waals surface area contributed by atoms with Gasteiger partial charge in [0.25, 0.3) is 5.91 Å². The van der Waals surface area contributed by atoms with Crippen molar-refractivity contribution in [3.05, 3.63) is 81.4 Å². The number of nitrogens with one attached hydrogen (secondary N) is 2. The molecule has 1 amide bonds. The highest BCUT2D eigenvalue weighted by molar-refractivity contribution is 9.10. The molecule has 1 unspecified atom stereocenters. The summed E-state index contributed by atoms with van der Waals surface area (Å²) in [5.41, 5.74) is 4.57. The van der Waals surface area contributed by atoms with Gasteiger partial charge in [-0.2, -0.15) is 0 Å². The minimum atomic E-state index is -0.381. The van der Waals surface area contributed by atoms with E-state index in [2.05, 4.69) is 31.5 Å². The third-order valence-corrected chi connectivity index (χ3v) is 5.67. The lowest BCUT2D eigenvalue weighted by atomic mass is 9.75. The lowest BCUT2D eigenvalue weighted by Gasteiger charge is -2.34. The number of aromatic nitrogens is 1. The summed E-state index contributed by atoms with van der Waals surface area (Å²) in [5, 5.41) is 6.25. The van der Waals surface area contributed by atoms with Crippen LogP contribution < -0.4 is 10.6 Å². The predicted octanol–water partition coefficient (Wildman–Crippen LogP) is 4.45. The summed E-state index contributed by atoms with van der Waals surface area (Å²) >= 11 is 3.46. The fraction of sp³-hybridized carbons (Fsp3) is 0.227. The quantitative estimate of drug-likeness (QED) is 0.743. The van der Waals surface area contributed by atoms with Crippen LogP contribution in [-0.2, 0) is 9.59 Å². The van der Waals surface area contributed by atoms with Gasteiger partial charge in [0.2, 0.25) is 0 Å². The zero-order valence-electron chi connectivity index (χ0n) is 15.5. The molecule has 0 spiro atoms. The molecule has 0 saturated heterocycles. The Kier molecular flexibility index (Phi) is 5.13. The van der Waals surface area contributed by atoms with Crippen LogP contribution in [0.1, 0.15) is 37.7 Å². The fourth-order valence-electron chi connectivity index (χ4n) is 3.91. The van der Waals surface area contributed by atoms with Crippen molar-refractivity contribution < 1.29 is 9.59 Å². The van der Waals surface area contributed by atoms with Gasteiger partial charge >= 0.3 is 0 Å². The first kappa shape index (κ1) is 18.6. The molecular weight excluding hydrogens is 418 g/mol. The molecule has 1 atom stereocenters. The lowest BCUT2D eigenvalue weighted by Crippen LogP contribution is -2.35. The fourth-order valence-corrected chi connectivity index (χ4v) is 4.17. The zero-order chi connectivity index (χ0) is 19.7. The molecule has 1 aromatic carbocycles. The van der Waals surface area contributed by atoms with Gasteiger partial charge in [0.05, 0.1) is 11.9 Å². The Balaban J connectivity index is 1.79. The molecule has 6 heteroatoms. The number of amides is 1. The van der Waals surface area contributed by atoms with Gasteiger partial charge in [-0.1, -0.05) is 28.1 Å². The lowest BCUT2D eigenvalue weighted by molar-refractivity contribution is -0.116. The van der Waals surface area contributed by atoms with Crippen LogP contribution >= 0.6 is 15.9 Å². The average molecular weight is 438 g/mol. The first-order chi connectivity index (χ1) is 13.5. The van der Waals surface area contributed by atoms with E-state index in [0.717, 1.165) is 39.8 Å². The Morgan fingerprint density at radius 3 is 2.71 bits per heavy atom. The number of carbonyl (C=O) groups excluding carboxylic acids is 2. The monoisotopic (exact) mass is 437 g/mol. The van der Waals surface area contributed by atoms with E-state index < -0.39 is 0 Å². The Morgan fingerprint density at radius 2 is 2.00 bits per heavy atom. The molecule has 0 radical (unpaired) electrons. The van der Waals surface area contributed by atoms with Crippen molar-refractivity contribution >= 4 is 33.3 Å². The molecule has 5 nitrogen and oxygen atoms in total. The van der Waals surface area contributed by atoms with Gasteiger partial charge in [-0.05, 0) is 49.6 Å². The number of allylic oxidation sites excluding steroid dienone is 3. The Morgan fingerprint density at radius 1 is 1.21 bits per heavy atom. The van der Waals surface area contributed by atoms with Crippen LogP contribution in [0, 0.1) is 0 Å². The third-order valence-electron chi connectivity index (χ3n) is 5.14. The number of carbonyl (C=O) groups is 2. The van der Waals surface area contributed by atoms with Crippen molar-refractivity contribution in [3.8, 4) is 0 Å². The van der Waals surface area contributed by atoms with Gasteiger partial charge in [0.1, 0.15) is 0 Å². The minimum Gasteiger partial charge on any atom is -0.362 e. The summed E-state index contributed by atoms with van der Waals surface area (Å²) in [6.45, 7) is 1.90. The van der Waals surface area contributed by atoms with Gasteiger partial charge in [-0.15, -0.1) is 0 Å². The summed E-state index contributed by atoms with van der Waals surface area (Å²) < 4.78 is 0.955. The summed E-state index contributed by atoms with van der Waals surface area (Å²) in [7, 11) is 0. The summed E-state index contributed by atoms with van der Waals surface area (Å²) in [6.07, 6.45) is 5.44. The number of ketones is 1. The first-order valence-electron chi connectivity index (χ1n) is 9.25. The number of dihydropyridines is 1. The van der Waals surface area contributed by atoms with Gasteiger partial charge in [-0.25, -0.2) is 0 Å². The van der Waals surface area contributed by atoms with Crippen LogP contribution in [0.25, 0.3) is 0 Å². The second-order valence-electron chi connectivity index (χ2n) is 7.01. The molecule has 1 aliphatic carbocycles. The number of halogens is 1. The smallest absolute Gasteiger partial charge is 0.254 e. The third kappa shape index (κ3) is 3.52. The Hall–Kier alpha value is -2.73. The highest BCUT2D eigenvalue weighted by Crippen LogP contribution is 2.42. The van der Waals surface area contributed by atoms with Crippen LogP contribution in [-0.4, -0.2) is 16.7 Å². The summed E-state index contributed by atoms with van der Waals surface area (Å²) in [6, 6.07) is 11.4. The van der Waals surface area contributed by atoms with Crippen molar-refractivity contribution in [3.63, 3.8) is 0 Å². The van der Waals surface area contributed by atoms with Crippen molar-refractivity contribution in [2.45, 2.75) is 32.1 Å². The number of hydrogen-bond donors (Lipinski definition) is 2. The van der Waals surface area contributed by atoms with Crippen LogP contribution in [0.4, 0.5) is 5.69 Å². The van der Waals surface area contributed by atoms with Crippen molar-refractivity contribution in [1.82, 2.24) is 10.3 Å². The molecular formula is C22H20BrN3O2. The van der Waals surface area contributed by atoms with Gasteiger partial charge in [-0.3, -0.25) is 14.6 Å². The van der Waals surface area contributed by atoms with Crippen LogP contribution in [0.2, 0.25) is 0 Å². The molecule has 2 aliphatic rings. The number of pyridine rings is 1. The second kappa shape index (κ2) is 7.72. The normalized spacial score (nSPS) is 19.2. The SMILES string of the molecule is CC1=C(C(=O)Nc2cccnc2)C(c2ccc(Br)cc2)C2=C(CCCC2=O)N1. The molecule has 0 saturated carbocycles. The average Bonchev–Trinajstić information content (AvgIpc) is 2.68. The van der Waals surface area contributed by atoms with Crippen LogP contribution in [0.5, 0.6) is 0 Å². The van der Waals surface area contributed by atoms with Gasteiger partial charge in [0, 0.05) is 45.5 Å². The summed E-state index contributed by atoms with van der Waals surface area (Å²) in [5.74, 6) is -0.495. The molecule has 2 heterocycles. The van der Waals surface area contributed by atoms with E-state index in [0.29, 0.717) is 17.7 Å². The van der Waals surface area contributed by atoms with E-state index in [1.54, 1.807) is 24.5 Å². The molecule has 2 aromatic rings. The highest BCUT2D eigenvalue weighted by Gasteiger charge is 2.38. The van der Waals surface area contributed by atoms with E-state index in [-0.39, 0.29) is 17.6 Å². The number of anilines is 1. The van der Waals surface area contributed by atoms with Gasteiger partial charge in [0.15, 0.2) is 5.78 Å². The van der Waals surface area contributed by atoms with E-state index in [1.807, 2.05) is 31.2 Å². The predicted molar refractivity (Wildman–Crippen MR) is 111 cm³/mol. The van der Waals surface area contributed by atoms with E-state index >= 15 is 0 Å². The van der Waals surface area contributed by atoms with Crippen molar-refractivity contribution in [2.75, 3.05) is 5.32 Å². The number of benzene rings is 1. The molecule has 0 fully saturated rings. The number of nitrogens with zero attached hydrogens (tertiary/aromatic N) is 1. The molecule has 142 valence electrons. The minimum absolute atomic E-state index is 0.112. The topological polar surface area (TPSA) is 71.1 Å². The maximum Gasteiger partial charge on any atom is 0.254 e. The van der Waals surface area contributed by atoms with Crippen molar-refractivity contribution in [1.29, 1.82) is 0 Å². The highest BCUT2D eigenvalue weighted by atomic mass is 79.9. The Labute approximate surface area is 172 Å². The number of hydrogen-bond acceptors (Lipinski definition) is 4. The number of Topliss-reactive ketones (excluding diaryl/α,β-unsaturated/α-hetero) is 1. The summed E-state index contributed by atoms with van der Waals surface area (Å²) in [4.78, 5) is 30.1. The largest absolute Gasteiger partial charge is 0.362 e. The maximum atomic E-state index is 13.2. The maximum absolute atomic E-state index is 13.2. The van der Waals surface area contributed by atoms with E-state index in [1.165, 1.54) is 0 Å². The molecule has 1 aromatic heterocycles. The zero-order valence-corrected chi connectivity index (χ0v) is 17.0. The Bertz CT molecular complexity index is 994. The first-order valence-corrected chi connectivity index (χ1v) is 10.0. The van der Waals surface area contributed by atoms with Crippen molar-refractivity contribution in [2.24, 2.45) is 0 Å². The standard InChI is InChI=1S/C22H20BrN3O2/c1-13-19(22(28)26-16-4-3-11-24-12-16)20(14-7-9-15(23)10-8-14)21-17(25-13)5-2-6-18(21)27/h3-4,7-12,20,25H,2,5-6H2,1H3,(H,26,28). The van der Waals surface area contributed by atoms with E-state index in [4.69, 9.17) is 0 Å². The van der Waals surface area contributed by atoms with Crippen LogP contribution in [0.15, 0.2) is 75.8 Å². The van der Waals surface area contributed by atoms with Gasteiger partial charge < -0.3 is 10.6 Å². The van der Waals surface area contributed by atoms with Crippen LogP contribution in [0.3, 0.4) is 0 Å². The molecule has 2 N–H and O–H groups in total. The molecule has 0 bridgehead atoms. The molecule has 1 aliphatic heterocycles. The number of rotatable bonds is 3.